The first-order chi connectivity index (χ1) is 12.2. The predicted octanol–water partition coefficient (Wildman–Crippen LogP) is 6.50. The Morgan fingerprint density at radius 3 is 2.32 bits per heavy atom. The van der Waals surface area contributed by atoms with E-state index in [4.69, 9.17) is 22.0 Å². The van der Waals surface area contributed by atoms with Crippen LogP contribution >= 0.6 is 17.0 Å². The number of nitrogens with zero attached hydrogens (tertiary/aromatic N) is 1. The van der Waals surface area contributed by atoms with Gasteiger partial charge in [-0.3, -0.25) is 4.99 Å². The maximum absolute atomic E-state index is 10.5. The third kappa shape index (κ3) is 6.24. The van der Waals surface area contributed by atoms with E-state index in [9.17, 15) is 5.11 Å². The molecule has 0 atom stereocenters. The van der Waals surface area contributed by atoms with E-state index >= 15 is 0 Å². The Morgan fingerprint density at radius 1 is 1.04 bits per heavy atom. The number of benzene rings is 2. The van der Waals surface area contributed by atoms with Crippen LogP contribution in [-0.4, -0.2) is 17.4 Å². The Labute approximate surface area is 169 Å². The molecule has 1 saturated carbocycles. The fourth-order valence-electron chi connectivity index (χ4n) is 3.13. The summed E-state index contributed by atoms with van der Waals surface area (Å²) in [4.78, 5) is 4.76. The molecule has 2 aromatic carbocycles. The summed E-state index contributed by atoms with van der Waals surface area (Å²) in [6.07, 6.45) is 8.10. The van der Waals surface area contributed by atoms with Gasteiger partial charge >= 0.3 is 37.9 Å². The molecule has 25 heavy (non-hydrogen) atoms. The average molecular weight is 456 g/mol. The van der Waals surface area contributed by atoms with Crippen molar-refractivity contribution in [3.63, 3.8) is 0 Å². The number of phenolic OH excluding ortho intramolecular Hbond substituents is 1. The minimum absolute atomic E-state index is 0.348. The molecule has 0 spiro atoms. The fourth-order valence-corrected chi connectivity index (χ4v) is 3.13. The standard InChI is InChI=1S/C20H23NO.2ClH.Zr/c1-15-12-13-18(16-8-4-2-5-9-16)19(20(15)22)14-21-17-10-6-3-7-11-17;;;/h2,4-5,8-9,12-14,17,22H,3,6-7,10-11H2,1H3;2*1H;/q;;;+2/p-2. The molecule has 5 heteroatoms. The van der Waals surface area contributed by atoms with Gasteiger partial charge in [-0.2, -0.15) is 0 Å². The summed E-state index contributed by atoms with van der Waals surface area (Å²) < 4.78 is 0. The van der Waals surface area contributed by atoms with Crippen molar-refractivity contribution in [1.29, 1.82) is 0 Å². The number of aromatic hydroxyl groups is 1. The third-order valence-electron chi connectivity index (χ3n) is 4.49. The van der Waals surface area contributed by atoms with Crippen molar-refractivity contribution in [2.24, 2.45) is 4.99 Å². The average Bonchev–Trinajstić information content (AvgIpc) is 2.65. The summed E-state index contributed by atoms with van der Waals surface area (Å²) >= 11 is -0.826. The Morgan fingerprint density at radius 2 is 1.68 bits per heavy atom. The number of rotatable bonds is 3. The number of hydrogen-bond acceptors (Lipinski definition) is 2. The number of aliphatic imine (C=N–C) groups is 1. The first-order valence-corrected chi connectivity index (χ1v) is 14.9. The van der Waals surface area contributed by atoms with E-state index in [-0.39, 0.29) is 0 Å². The predicted molar refractivity (Wildman–Crippen MR) is 104 cm³/mol. The molecule has 0 bridgehead atoms. The first-order valence-electron chi connectivity index (χ1n) is 8.54. The van der Waals surface area contributed by atoms with Crippen LogP contribution in [0, 0.1) is 6.92 Å². The minimum atomic E-state index is -0.826. The molecule has 2 nitrogen and oxygen atoms in total. The van der Waals surface area contributed by atoms with Crippen LogP contribution in [0.5, 0.6) is 5.75 Å². The molecule has 0 saturated heterocycles. The van der Waals surface area contributed by atoms with Crippen molar-refractivity contribution in [2.45, 2.75) is 45.1 Å². The molecule has 3 rings (SSSR count). The Kier molecular flexibility index (Phi) is 9.24. The Bertz CT molecular complexity index is 686. The summed E-state index contributed by atoms with van der Waals surface area (Å²) in [6.45, 7) is 1.93. The van der Waals surface area contributed by atoms with Crippen LogP contribution in [0.3, 0.4) is 0 Å². The normalized spacial score (nSPS) is 14.8. The molecule has 1 fully saturated rings. The molecule has 0 heterocycles. The Hall–Kier alpha value is -0.627. The van der Waals surface area contributed by atoms with Crippen molar-refractivity contribution >= 4 is 23.2 Å². The molecule has 1 aliphatic carbocycles. The van der Waals surface area contributed by atoms with Gasteiger partial charge in [0, 0.05) is 17.8 Å². The second-order valence-electron chi connectivity index (χ2n) is 6.20. The topological polar surface area (TPSA) is 32.6 Å². The maximum atomic E-state index is 10.5. The molecule has 1 aliphatic rings. The molecule has 132 valence electrons. The molecule has 0 aliphatic heterocycles. The van der Waals surface area contributed by atoms with E-state index in [2.05, 4.69) is 18.2 Å². The van der Waals surface area contributed by atoms with Crippen LogP contribution in [0.15, 0.2) is 47.5 Å². The number of aryl methyl sites for hydroxylation is 1. The second kappa shape index (κ2) is 11.2. The van der Waals surface area contributed by atoms with Crippen LogP contribution in [-0.2, 0) is 20.8 Å². The number of halogens is 2. The van der Waals surface area contributed by atoms with E-state index in [1.165, 1.54) is 32.1 Å². The zero-order valence-corrected chi connectivity index (χ0v) is 18.4. The molecular formula is C20H23Cl2NOZr. The van der Waals surface area contributed by atoms with Crippen LogP contribution in [0.4, 0.5) is 0 Å². The van der Waals surface area contributed by atoms with Crippen molar-refractivity contribution in [1.82, 2.24) is 0 Å². The molecule has 0 unspecified atom stereocenters. The van der Waals surface area contributed by atoms with Gasteiger partial charge in [-0.1, -0.05) is 61.7 Å². The van der Waals surface area contributed by atoms with E-state index in [1.54, 1.807) is 0 Å². The number of phenols is 1. The van der Waals surface area contributed by atoms with Crippen molar-refractivity contribution in [2.75, 3.05) is 0 Å². The molecule has 0 aromatic heterocycles. The van der Waals surface area contributed by atoms with Gasteiger partial charge in [-0.25, -0.2) is 0 Å². The zero-order valence-electron chi connectivity index (χ0n) is 14.4. The van der Waals surface area contributed by atoms with Gasteiger partial charge in [0.25, 0.3) is 0 Å². The van der Waals surface area contributed by atoms with Crippen molar-refractivity contribution in [3.05, 3.63) is 53.6 Å². The summed E-state index contributed by atoms with van der Waals surface area (Å²) in [6, 6.07) is 14.7. The van der Waals surface area contributed by atoms with Crippen LogP contribution in [0.25, 0.3) is 11.1 Å². The van der Waals surface area contributed by atoms with Gasteiger partial charge in [-0.15, -0.1) is 0 Å². The summed E-state index contributed by atoms with van der Waals surface area (Å²) in [5.41, 5.74) is 3.90. The molecule has 1 N–H and O–H groups in total. The quantitative estimate of drug-likeness (QED) is 0.527. The SMILES string of the molecule is Cc1ccc(-c2ccccc2)c(C=NC2CCCCC2)c1O.[Cl][Zr][Cl]. The monoisotopic (exact) mass is 453 g/mol. The van der Waals surface area contributed by atoms with Gasteiger partial charge in [0.1, 0.15) is 5.75 Å². The second-order valence-corrected chi connectivity index (χ2v) is 9.93. The summed E-state index contributed by atoms with van der Waals surface area (Å²) in [5.74, 6) is 0.348. The van der Waals surface area contributed by atoms with Crippen molar-refractivity contribution < 1.29 is 26.0 Å². The van der Waals surface area contributed by atoms with E-state index in [0.29, 0.717) is 11.8 Å². The van der Waals surface area contributed by atoms with Gasteiger partial charge < -0.3 is 5.11 Å². The zero-order chi connectivity index (χ0) is 18.1. The fraction of sp³-hybridized carbons (Fsp3) is 0.350. The number of hydrogen-bond donors (Lipinski definition) is 1. The summed E-state index contributed by atoms with van der Waals surface area (Å²) in [7, 11) is 9.87. The van der Waals surface area contributed by atoms with Crippen molar-refractivity contribution in [3.8, 4) is 16.9 Å². The van der Waals surface area contributed by atoms with E-state index in [1.807, 2.05) is 37.4 Å². The molecular weight excluding hydrogens is 432 g/mol. The molecule has 2 aromatic rings. The molecule has 0 amide bonds. The van der Waals surface area contributed by atoms with E-state index < -0.39 is 20.8 Å². The van der Waals surface area contributed by atoms with Crippen LogP contribution < -0.4 is 0 Å². The Balaban J connectivity index is 0.000000701. The van der Waals surface area contributed by atoms with E-state index in [0.717, 1.165) is 22.3 Å². The molecule has 0 radical (unpaired) electrons. The van der Waals surface area contributed by atoms with Gasteiger partial charge in [0.15, 0.2) is 0 Å². The third-order valence-corrected chi connectivity index (χ3v) is 4.49. The first kappa shape index (κ1) is 20.7. The van der Waals surface area contributed by atoms with Gasteiger partial charge in [0.05, 0.1) is 0 Å². The van der Waals surface area contributed by atoms with Crippen LogP contribution in [0.1, 0.15) is 43.2 Å². The van der Waals surface area contributed by atoms with Gasteiger partial charge in [0.2, 0.25) is 0 Å². The summed E-state index contributed by atoms with van der Waals surface area (Å²) in [5, 5.41) is 10.5. The van der Waals surface area contributed by atoms with Crippen LogP contribution in [0.2, 0.25) is 0 Å². The van der Waals surface area contributed by atoms with Gasteiger partial charge in [-0.05, 0) is 36.5 Å².